The SMILES string of the molecule is COC(=O)N[C@H](C(=O)N1CCC[C@H]1c1ncc(-c2ccc(-c3ccc(-c4cnc([C@@H]5CCCN5C(=O)[C@@H](C)NC5CCOCC5)[nH]4)cc3)cc2)[nH]1)C(C)C. The Morgan fingerprint density at radius 3 is 1.70 bits per heavy atom. The van der Waals surface area contributed by atoms with Crippen LogP contribution in [0.5, 0.6) is 0 Å². The van der Waals surface area contributed by atoms with Crippen LogP contribution in [0.15, 0.2) is 60.9 Å². The first-order chi connectivity index (χ1) is 26.2. The molecule has 3 fully saturated rings. The molecule has 0 aliphatic carbocycles. The summed E-state index contributed by atoms with van der Waals surface area (Å²) in [6.45, 7) is 8.62. The molecule has 0 unspecified atom stereocenters. The van der Waals surface area contributed by atoms with Gasteiger partial charge in [0.2, 0.25) is 11.8 Å². The number of hydrogen-bond acceptors (Lipinski definition) is 8. The number of ether oxygens (including phenoxy) is 2. The largest absolute Gasteiger partial charge is 0.453 e. The van der Waals surface area contributed by atoms with Crippen molar-refractivity contribution >= 4 is 17.9 Å². The average molecular weight is 737 g/mol. The van der Waals surface area contributed by atoms with Crippen LogP contribution in [0.3, 0.4) is 0 Å². The Kier molecular flexibility index (Phi) is 11.4. The minimum Gasteiger partial charge on any atom is -0.453 e. The van der Waals surface area contributed by atoms with Gasteiger partial charge in [0.15, 0.2) is 0 Å². The molecule has 3 aliphatic heterocycles. The lowest BCUT2D eigenvalue weighted by Crippen LogP contribution is -2.51. The van der Waals surface area contributed by atoms with Crippen LogP contribution in [0.1, 0.15) is 83.0 Å². The van der Waals surface area contributed by atoms with Gasteiger partial charge in [0.25, 0.3) is 0 Å². The minimum absolute atomic E-state index is 0.0545. The van der Waals surface area contributed by atoms with E-state index in [0.717, 1.165) is 104 Å². The lowest BCUT2D eigenvalue weighted by Gasteiger charge is -2.30. The Bertz CT molecular complexity index is 1900. The number of imidazole rings is 2. The molecule has 2 aromatic carbocycles. The van der Waals surface area contributed by atoms with Crippen LogP contribution in [0.2, 0.25) is 0 Å². The fraction of sp³-hybridized carbons (Fsp3) is 0.488. The lowest BCUT2D eigenvalue weighted by atomic mass is 10.0. The summed E-state index contributed by atoms with van der Waals surface area (Å²) in [5, 5.41) is 6.23. The molecule has 4 N–H and O–H groups in total. The maximum Gasteiger partial charge on any atom is 0.407 e. The standard InChI is InChI=1S/C41H52N8O5/c1-25(2)36(47-41(52)53-4)40(51)49-20-6-8-35(49)38-43-24-33(46-38)30-15-11-28(12-16-30)27-9-13-29(14-10-27)32-23-42-37(45-32)34-7-5-19-48(34)39(50)26(3)44-31-17-21-54-22-18-31/h9-16,23-26,31,34-36,44H,5-8,17-22H2,1-4H3,(H,42,45)(H,43,46)(H,47,52)/t26-,34+,35+,36+/m1/s1. The summed E-state index contributed by atoms with van der Waals surface area (Å²) < 4.78 is 10.2. The molecule has 0 radical (unpaired) electrons. The van der Waals surface area contributed by atoms with Crippen LogP contribution in [0, 0.1) is 5.92 Å². The van der Waals surface area contributed by atoms with E-state index in [4.69, 9.17) is 14.5 Å². The van der Waals surface area contributed by atoms with Gasteiger partial charge in [0, 0.05) is 32.3 Å². The van der Waals surface area contributed by atoms with E-state index < -0.39 is 12.1 Å². The second kappa shape index (κ2) is 16.6. The third-order valence-corrected chi connectivity index (χ3v) is 11.1. The molecule has 286 valence electrons. The van der Waals surface area contributed by atoms with Crippen molar-refractivity contribution in [3.05, 3.63) is 72.6 Å². The quantitative estimate of drug-likeness (QED) is 0.146. The zero-order chi connectivity index (χ0) is 37.8. The summed E-state index contributed by atoms with van der Waals surface area (Å²) in [5.74, 6) is 1.48. The van der Waals surface area contributed by atoms with Crippen molar-refractivity contribution in [3.63, 3.8) is 0 Å². The van der Waals surface area contributed by atoms with Gasteiger partial charge < -0.3 is 39.9 Å². The number of carbonyl (C=O) groups is 3. The zero-order valence-electron chi connectivity index (χ0n) is 31.6. The number of likely N-dealkylation sites (tertiary alicyclic amines) is 2. The fourth-order valence-electron chi connectivity index (χ4n) is 8.04. The van der Waals surface area contributed by atoms with Crippen LogP contribution in [-0.2, 0) is 19.1 Å². The number of rotatable bonds is 11. The summed E-state index contributed by atoms with van der Waals surface area (Å²) in [6.07, 6.45) is 8.45. The van der Waals surface area contributed by atoms with E-state index in [9.17, 15) is 14.4 Å². The fourth-order valence-corrected chi connectivity index (χ4v) is 8.04. The summed E-state index contributed by atoms with van der Waals surface area (Å²) in [4.78, 5) is 59.1. The predicted molar refractivity (Wildman–Crippen MR) is 205 cm³/mol. The Labute approximate surface area is 316 Å². The number of methoxy groups -OCH3 is 1. The number of alkyl carbamates (subject to hydrolysis) is 1. The Morgan fingerprint density at radius 1 is 0.741 bits per heavy atom. The molecule has 13 heteroatoms. The number of carbonyl (C=O) groups excluding carboxylic acids is 3. The van der Waals surface area contributed by atoms with Gasteiger partial charge in [0.1, 0.15) is 17.7 Å². The summed E-state index contributed by atoms with van der Waals surface area (Å²) in [5.41, 5.74) is 6.01. The topological polar surface area (TPSA) is 158 Å². The smallest absolute Gasteiger partial charge is 0.407 e. The zero-order valence-corrected chi connectivity index (χ0v) is 31.6. The average Bonchev–Trinajstić information content (AvgIpc) is 4.03. The summed E-state index contributed by atoms with van der Waals surface area (Å²) in [7, 11) is 1.30. The molecule has 2 aromatic heterocycles. The Hall–Kier alpha value is -5.01. The number of benzene rings is 2. The van der Waals surface area contributed by atoms with Gasteiger partial charge in [-0.05, 0) is 73.6 Å². The van der Waals surface area contributed by atoms with Gasteiger partial charge in [0.05, 0.1) is 49.0 Å². The maximum absolute atomic E-state index is 13.5. The van der Waals surface area contributed by atoms with Gasteiger partial charge >= 0.3 is 6.09 Å². The number of aromatic nitrogens is 4. The molecule has 3 saturated heterocycles. The normalized spacial score (nSPS) is 20.3. The van der Waals surface area contributed by atoms with Crippen molar-refractivity contribution < 1.29 is 23.9 Å². The lowest BCUT2D eigenvalue weighted by molar-refractivity contribution is -0.135. The van der Waals surface area contributed by atoms with Crippen LogP contribution in [0.4, 0.5) is 4.79 Å². The van der Waals surface area contributed by atoms with E-state index in [1.807, 2.05) is 43.0 Å². The molecule has 0 saturated carbocycles. The Balaban J connectivity index is 0.978. The number of aromatic amines is 2. The van der Waals surface area contributed by atoms with Gasteiger partial charge in [-0.3, -0.25) is 9.59 Å². The third-order valence-electron chi connectivity index (χ3n) is 11.1. The van der Waals surface area contributed by atoms with E-state index in [-0.39, 0.29) is 35.9 Å². The van der Waals surface area contributed by atoms with Crippen molar-refractivity contribution in [2.75, 3.05) is 33.4 Å². The van der Waals surface area contributed by atoms with Crippen LogP contribution in [-0.4, -0.2) is 99.2 Å². The number of nitrogens with zero attached hydrogens (tertiary/aromatic N) is 4. The van der Waals surface area contributed by atoms with Crippen molar-refractivity contribution in [1.29, 1.82) is 0 Å². The first-order valence-electron chi connectivity index (χ1n) is 19.3. The second-order valence-corrected chi connectivity index (χ2v) is 15.0. The van der Waals surface area contributed by atoms with E-state index in [2.05, 4.69) is 74.1 Å². The van der Waals surface area contributed by atoms with E-state index >= 15 is 0 Å². The van der Waals surface area contributed by atoms with Crippen LogP contribution in [0.25, 0.3) is 33.6 Å². The van der Waals surface area contributed by atoms with Gasteiger partial charge in [-0.1, -0.05) is 62.4 Å². The molecule has 5 heterocycles. The first kappa shape index (κ1) is 37.3. The molecule has 3 amide bonds. The van der Waals surface area contributed by atoms with Crippen molar-refractivity contribution in [3.8, 4) is 33.6 Å². The second-order valence-electron chi connectivity index (χ2n) is 15.0. The monoisotopic (exact) mass is 736 g/mol. The highest BCUT2D eigenvalue weighted by atomic mass is 16.5. The molecule has 0 spiro atoms. The molecule has 4 atom stereocenters. The highest BCUT2D eigenvalue weighted by Gasteiger charge is 2.38. The summed E-state index contributed by atoms with van der Waals surface area (Å²) in [6, 6.07) is 15.9. The molecule has 54 heavy (non-hydrogen) atoms. The molecule has 7 rings (SSSR count). The van der Waals surface area contributed by atoms with Gasteiger partial charge in [-0.25, -0.2) is 14.8 Å². The number of hydrogen-bond donors (Lipinski definition) is 4. The minimum atomic E-state index is -0.676. The van der Waals surface area contributed by atoms with Crippen molar-refractivity contribution in [2.45, 2.75) is 89.5 Å². The summed E-state index contributed by atoms with van der Waals surface area (Å²) >= 11 is 0. The maximum atomic E-state index is 13.5. The predicted octanol–water partition coefficient (Wildman–Crippen LogP) is 6.00. The molecular weight excluding hydrogens is 685 g/mol. The number of H-pyrrole nitrogens is 2. The molecule has 13 nitrogen and oxygen atoms in total. The Morgan fingerprint density at radius 2 is 1.22 bits per heavy atom. The highest BCUT2D eigenvalue weighted by molar-refractivity contribution is 5.86. The van der Waals surface area contributed by atoms with Gasteiger partial charge in [-0.2, -0.15) is 0 Å². The molecular formula is C41H52N8O5. The third kappa shape index (κ3) is 8.07. The van der Waals surface area contributed by atoms with Crippen LogP contribution < -0.4 is 10.6 Å². The molecule has 3 aliphatic rings. The van der Waals surface area contributed by atoms with E-state index in [0.29, 0.717) is 12.6 Å². The van der Waals surface area contributed by atoms with Crippen molar-refractivity contribution in [2.24, 2.45) is 5.92 Å². The van der Waals surface area contributed by atoms with Gasteiger partial charge in [-0.15, -0.1) is 0 Å². The molecule has 4 aromatic rings. The number of amides is 3. The molecule has 0 bridgehead atoms. The van der Waals surface area contributed by atoms with Crippen LogP contribution >= 0.6 is 0 Å². The highest BCUT2D eigenvalue weighted by Crippen LogP contribution is 2.35. The number of nitrogens with one attached hydrogen (secondary N) is 4. The van der Waals surface area contributed by atoms with E-state index in [1.54, 1.807) is 0 Å². The van der Waals surface area contributed by atoms with E-state index in [1.165, 1.54) is 7.11 Å². The van der Waals surface area contributed by atoms with Crippen molar-refractivity contribution in [1.82, 2.24) is 40.4 Å². The first-order valence-corrected chi connectivity index (χ1v) is 19.3.